The first-order valence-electron chi connectivity index (χ1n) is 6.44. The predicted octanol–water partition coefficient (Wildman–Crippen LogP) is 4.85. The van der Waals surface area contributed by atoms with Crippen molar-refractivity contribution in [1.82, 2.24) is 0 Å². The van der Waals surface area contributed by atoms with E-state index in [1.165, 1.54) is 18.2 Å². The van der Waals surface area contributed by atoms with E-state index in [0.29, 0.717) is 6.07 Å². The van der Waals surface area contributed by atoms with E-state index < -0.39 is 35.8 Å². The molecule has 0 aliphatic heterocycles. The van der Waals surface area contributed by atoms with E-state index in [9.17, 15) is 31.1 Å². The third kappa shape index (κ3) is 5.03. The second kappa shape index (κ2) is 6.54. The summed E-state index contributed by atoms with van der Waals surface area (Å²) >= 11 is 0. The van der Waals surface area contributed by atoms with E-state index in [2.05, 4.69) is 9.47 Å². The van der Waals surface area contributed by atoms with E-state index in [0.717, 1.165) is 18.2 Å². The molecule has 0 saturated carbocycles. The standard InChI is InChI=1S/C15H8F6O4/c16-14(17,18)24-11-4-2-1-3-9(11)8-5-6-10(13(22)23)12(7-8)25-15(19,20)21/h1-7H,(H,22,23). The topological polar surface area (TPSA) is 55.8 Å². The highest BCUT2D eigenvalue weighted by Gasteiger charge is 2.34. The number of halogens is 6. The average Bonchev–Trinajstić information content (AvgIpc) is 2.44. The molecule has 0 unspecified atom stereocenters. The molecule has 0 fully saturated rings. The van der Waals surface area contributed by atoms with Crippen LogP contribution in [-0.4, -0.2) is 23.8 Å². The van der Waals surface area contributed by atoms with Crippen LogP contribution in [0.1, 0.15) is 10.4 Å². The predicted molar refractivity (Wildman–Crippen MR) is 72.2 cm³/mol. The van der Waals surface area contributed by atoms with Crippen molar-refractivity contribution in [2.45, 2.75) is 12.7 Å². The molecule has 0 atom stereocenters. The molecule has 0 aromatic heterocycles. The minimum Gasteiger partial charge on any atom is -0.478 e. The number of carboxylic acid groups (broad SMARTS) is 1. The number of para-hydroxylation sites is 1. The number of benzene rings is 2. The summed E-state index contributed by atoms with van der Waals surface area (Å²) in [7, 11) is 0. The third-order valence-electron chi connectivity index (χ3n) is 2.86. The molecule has 10 heteroatoms. The quantitative estimate of drug-likeness (QED) is 0.786. The Morgan fingerprint density at radius 3 is 1.96 bits per heavy atom. The van der Waals surface area contributed by atoms with E-state index in [-0.39, 0.29) is 11.1 Å². The van der Waals surface area contributed by atoms with Gasteiger partial charge in [0.25, 0.3) is 0 Å². The summed E-state index contributed by atoms with van der Waals surface area (Å²) in [6.45, 7) is 0. The molecule has 25 heavy (non-hydrogen) atoms. The zero-order chi connectivity index (χ0) is 18.8. The van der Waals surface area contributed by atoms with E-state index in [4.69, 9.17) is 5.11 Å². The Bertz CT molecular complexity index is 782. The van der Waals surface area contributed by atoms with Gasteiger partial charge in [0.15, 0.2) is 0 Å². The SMILES string of the molecule is O=C(O)c1ccc(-c2ccccc2OC(F)(F)F)cc1OC(F)(F)F. The van der Waals surface area contributed by atoms with Gasteiger partial charge < -0.3 is 14.6 Å². The Hall–Kier alpha value is -2.91. The number of alkyl halides is 6. The molecule has 1 N–H and O–H groups in total. The summed E-state index contributed by atoms with van der Waals surface area (Å²) in [6, 6.07) is 7.24. The van der Waals surface area contributed by atoms with Crippen molar-refractivity contribution in [3.05, 3.63) is 48.0 Å². The van der Waals surface area contributed by atoms with Crippen LogP contribution in [0.15, 0.2) is 42.5 Å². The molecule has 0 amide bonds. The summed E-state index contributed by atoms with van der Waals surface area (Å²) in [6.07, 6.45) is -10.2. The molecule has 0 aliphatic carbocycles. The van der Waals surface area contributed by atoms with Crippen molar-refractivity contribution in [3.8, 4) is 22.6 Å². The van der Waals surface area contributed by atoms with Gasteiger partial charge in [-0.3, -0.25) is 0 Å². The van der Waals surface area contributed by atoms with Crippen molar-refractivity contribution >= 4 is 5.97 Å². The maximum atomic E-state index is 12.4. The van der Waals surface area contributed by atoms with Gasteiger partial charge >= 0.3 is 18.7 Å². The molecule has 2 rings (SSSR count). The van der Waals surface area contributed by atoms with Crippen LogP contribution in [0.25, 0.3) is 11.1 Å². The molecular formula is C15H8F6O4. The first-order chi connectivity index (χ1) is 11.5. The minimum atomic E-state index is -5.18. The van der Waals surface area contributed by atoms with Crippen LogP contribution in [-0.2, 0) is 0 Å². The maximum absolute atomic E-state index is 12.4. The lowest BCUT2D eigenvalue weighted by Gasteiger charge is -2.15. The second-order valence-electron chi connectivity index (χ2n) is 4.61. The summed E-state index contributed by atoms with van der Waals surface area (Å²) in [4.78, 5) is 11.0. The highest BCUT2D eigenvalue weighted by atomic mass is 19.4. The van der Waals surface area contributed by atoms with Gasteiger partial charge in [-0.1, -0.05) is 24.3 Å². The molecule has 2 aromatic rings. The monoisotopic (exact) mass is 366 g/mol. The Morgan fingerprint density at radius 2 is 1.40 bits per heavy atom. The number of rotatable bonds is 4. The van der Waals surface area contributed by atoms with Gasteiger partial charge in [0.2, 0.25) is 0 Å². The summed E-state index contributed by atoms with van der Waals surface area (Å²) in [5, 5.41) is 8.91. The fourth-order valence-electron chi connectivity index (χ4n) is 1.99. The zero-order valence-electron chi connectivity index (χ0n) is 12.0. The molecular weight excluding hydrogens is 358 g/mol. The van der Waals surface area contributed by atoms with Crippen molar-refractivity contribution in [1.29, 1.82) is 0 Å². The highest BCUT2D eigenvalue weighted by molar-refractivity contribution is 5.92. The normalized spacial score (nSPS) is 11.9. The van der Waals surface area contributed by atoms with Crippen LogP contribution < -0.4 is 9.47 Å². The molecule has 134 valence electrons. The van der Waals surface area contributed by atoms with Crippen molar-refractivity contribution in [3.63, 3.8) is 0 Å². The highest BCUT2D eigenvalue weighted by Crippen LogP contribution is 2.37. The van der Waals surface area contributed by atoms with Gasteiger partial charge in [0.05, 0.1) is 0 Å². The molecule has 0 heterocycles. The number of hydrogen-bond donors (Lipinski definition) is 1. The van der Waals surface area contributed by atoms with Gasteiger partial charge in [-0.05, 0) is 23.8 Å². The van der Waals surface area contributed by atoms with Crippen LogP contribution in [0.4, 0.5) is 26.3 Å². The second-order valence-corrected chi connectivity index (χ2v) is 4.61. The van der Waals surface area contributed by atoms with Crippen LogP contribution in [0.3, 0.4) is 0 Å². The smallest absolute Gasteiger partial charge is 0.478 e. The van der Waals surface area contributed by atoms with E-state index >= 15 is 0 Å². The van der Waals surface area contributed by atoms with Crippen molar-refractivity contribution in [2.75, 3.05) is 0 Å². The molecule has 0 radical (unpaired) electrons. The van der Waals surface area contributed by atoms with Gasteiger partial charge in [0.1, 0.15) is 17.1 Å². The number of hydrogen-bond acceptors (Lipinski definition) is 3. The van der Waals surface area contributed by atoms with Gasteiger partial charge in [-0.15, -0.1) is 26.3 Å². The summed E-state index contributed by atoms with van der Waals surface area (Å²) in [5.41, 5.74) is -1.14. The lowest BCUT2D eigenvalue weighted by Crippen LogP contribution is -2.19. The molecule has 4 nitrogen and oxygen atoms in total. The van der Waals surface area contributed by atoms with Crippen LogP contribution in [0.5, 0.6) is 11.5 Å². The molecule has 0 aliphatic rings. The summed E-state index contributed by atoms with van der Waals surface area (Å²) in [5.74, 6) is -3.40. The fraction of sp³-hybridized carbons (Fsp3) is 0.133. The van der Waals surface area contributed by atoms with Gasteiger partial charge in [0, 0.05) is 5.56 Å². The first kappa shape index (κ1) is 18.4. The lowest BCUT2D eigenvalue weighted by atomic mass is 10.0. The molecule has 0 bridgehead atoms. The van der Waals surface area contributed by atoms with Gasteiger partial charge in [-0.2, -0.15) is 0 Å². The molecule has 0 spiro atoms. The van der Waals surface area contributed by atoms with E-state index in [1.807, 2.05) is 0 Å². The molecule has 2 aromatic carbocycles. The number of ether oxygens (including phenoxy) is 2. The number of aromatic carboxylic acids is 1. The Morgan fingerprint density at radius 1 is 0.840 bits per heavy atom. The van der Waals surface area contributed by atoms with Crippen molar-refractivity contribution < 1.29 is 45.7 Å². The Kier molecular flexibility index (Phi) is 4.82. The number of carbonyl (C=O) groups is 1. The zero-order valence-corrected chi connectivity index (χ0v) is 12.0. The third-order valence-corrected chi connectivity index (χ3v) is 2.86. The van der Waals surface area contributed by atoms with Crippen LogP contribution in [0, 0.1) is 0 Å². The molecule has 0 saturated heterocycles. The lowest BCUT2D eigenvalue weighted by molar-refractivity contribution is -0.275. The average molecular weight is 366 g/mol. The van der Waals surface area contributed by atoms with Crippen molar-refractivity contribution in [2.24, 2.45) is 0 Å². The number of carboxylic acids is 1. The first-order valence-corrected chi connectivity index (χ1v) is 6.44. The van der Waals surface area contributed by atoms with E-state index in [1.54, 1.807) is 0 Å². The van der Waals surface area contributed by atoms with Gasteiger partial charge in [-0.25, -0.2) is 4.79 Å². The maximum Gasteiger partial charge on any atom is 0.573 e. The Balaban J connectivity index is 2.54. The van der Waals surface area contributed by atoms with Crippen LogP contribution >= 0.6 is 0 Å². The largest absolute Gasteiger partial charge is 0.573 e. The minimum absolute atomic E-state index is 0.149. The fourth-order valence-corrected chi connectivity index (χ4v) is 1.99. The van der Waals surface area contributed by atoms with Crippen LogP contribution in [0.2, 0.25) is 0 Å². The Labute approximate surface area is 136 Å². The summed E-state index contributed by atoms with van der Waals surface area (Å²) < 4.78 is 82.1.